The van der Waals surface area contributed by atoms with Gasteiger partial charge in [-0.2, -0.15) is 0 Å². The number of carbonyl (C=O) groups is 3. The fourth-order valence-electron chi connectivity index (χ4n) is 1.59. The van der Waals surface area contributed by atoms with Gasteiger partial charge < -0.3 is 15.4 Å². The molecule has 0 saturated heterocycles. The van der Waals surface area contributed by atoms with Crippen molar-refractivity contribution in [3.63, 3.8) is 0 Å². The molecule has 8 heteroatoms. The molecule has 1 aliphatic rings. The van der Waals surface area contributed by atoms with Crippen LogP contribution in [0.5, 0.6) is 0 Å². The van der Waals surface area contributed by atoms with Crippen LogP contribution in [0.1, 0.15) is 23.2 Å². The summed E-state index contributed by atoms with van der Waals surface area (Å²) in [6, 6.07) is 4.57. The number of esters is 1. The molecule has 1 saturated carbocycles. The summed E-state index contributed by atoms with van der Waals surface area (Å²) >= 11 is 11.6. The van der Waals surface area contributed by atoms with E-state index in [4.69, 9.17) is 27.9 Å². The van der Waals surface area contributed by atoms with Gasteiger partial charge in [-0.3, -0.25) is 14.4 Å². The van der Waals surface area contributed by atoms with Gasteiger partial charge >= 0.3 is 5.97 Å². The first kappa shape index (κ1) is 16.6. The van der Waals surface area contributed by atoms with Crippen molar-refractivity contribution < 1.29 is 19.1 Å². The van der Waals surface area contributed by atoms with Crippen molar-refractivity contribution in [1.82, 2.24) is 10.6 Å². The molecule has 2 rings (SSSR count). The van der Waals surface area contributed by atoms with E-state index in [1.807, 2.05) is 0 Å². The molecule has 118 valence electrons. The summed E-state index contributed by atoms with van der Waals surface area (Å²) in [6.45, 7) is -0.687. The Morgan fingerprint density at radius 3 is 2.55 bits per heavy atom. The minimum absolute atomic E-state index is 0.209. The molecule has 22 heavy (non-hydrogen) atoms. The predicted octanol–water partition coefficient (Wildman–Crippen LogP) is 1.54. The van der Waals surface area contributed by atoms with Crippen LogP contribution in [0.3, 0.4) is 0 Å². The van der Waals surface area contributed by atoms with Crippen LogP contribution < -0.4 is 10.6 Å². The predicted molar refractivity (Wildman–Crippen MR) is 80.9 cm³/mol. The molecule has 0 spiro atoms. The Labute approximate surface area is 137 Å². The Morgan fingerprint density at radius 1 is 1.18 bits per heavy atom. The third-order valence-corrected chi connectivity index (χ3v) is 3.62. The minimum Gasteiger partial charge on any atom is -0.454 e. The molecule has 2 N–H and O–H groups in total. The maximum atomic E-state index is 11.8. The summed E-state index contributed by atoms with van der Waals surface area (Å²) in [6.07, 6.45) is 1.92. The van der Waals surface area contributed by atoms with Crippen LogP contribution in [-0.4, -0.2) is 37.0 Å². The number of nitrogens with one attached hydrogen (secondary N) is 2. The first-order chi connectivity index (χ1) is 10.5. The Balaban J connectivity index is 1.71. The Morgan fingerprint density at radius 2 is 1.91 bits per heavy atom. The highest BCUT2D eigenvalue weighted by Crippen LogP contribution is 2.22. The Bertz CT molecular complexity index is 603. The van der Waals surface area contributed by atoms with Crippen molar-refractivity contribution >= 4 is 41.0 Å². The van der Waals surface area contributed by atoms with Crippen LogP contribution in [0.2, 0.25) is 10.0 Å². The number of amides is 2. The molecule has 0 aromatic heterocycles. The normalized spacial score (nSPS) is 13.4. The third-order valence-electron chi connectivity index (χ3n) is 2.88. The van der Waals surface area contributed by atoms with Gasteiger partial charge in [0.2, 0.25) is 0 Å². The molecular formula is C14H14Cl2N2O4. The van der Waals surface area contributed by atoms with Crippen LogP contribution in [0.4, 0.5) is 0 Å². The van der Waals surface area contributed by atoms with Gasteiger partial charge in [-0.1, -0.05) is 23.2 Å². The van der Waals surface area contributed by atoms with E-state index < -0.39 is 11.9 Å². The molecule has 1 aromatic rings. The number of ether oxygens (including phenoxy) is 1. The molecule has 1 aromatic carbocycles. The number of carbonyl (C=O) groups excluding carboxylic acids is 3. The van der Waals surface area contributed by atoms with Crippen molar-refractivity contribution in [3.8, 4) is 0 Å². The number of halogens is 2. The van der Waals surface area contributed by atoms with Gasteiger partial charge in [0.15, 0.2) is 6.61 Å². The van der Waals surface area contributed by atoms with Crippen LogP contribution >= 0.6 is 23.2 Å². The second-order valence-corrected chi connectivity index (χ2v) is 5.63. The molecule has 0 bridgehead atoms. The molecule has 0 aliphatic heterocycles. The summed E-state index contributed by atoms with van der Waals surface area (Å²) in [4.78, 5) is 34.6. The zero-order valence-electron chi connectivity index (χ0n) is 11.5. The highest BCUT2D eigenvalue weighted by Gasteiger charge is 2.23. The third kappa shape index (κ3) is 5.20. The largest absolute Gasteiger partial charge is 0.454 e. The summed E-state index contributed by atoms with van der Waals surface area (Å²) < 4.78 is 4.75. The SMILES string of the molecule is O=C(COC(=O)CNC(=O)c1ccc(Cl)c(Cl)c1)NC1CC1. The molecule has 0 heterocycles. The zero-order chi connectivity index (χ0) is 16.1. The highest BCUT2D eigenvalue weighted by molar-refractivity contribution is 6.42. The van der Waals surface area contributed by atoms with E-state index in [2.05, 4.69) is 10.6 Å². The number of rotatable bonds is 6. The van der Waals surface area contributed by atoms with Crippen molar-refractivity contribution in [1.29, 1.82) is 0 Å². The fourth-order valence-corrected chi connectivity index (χ4v) is 1.88. The number of benzene rings is 1. The minimum atomic E-state index is -0.695. The van der Waals surface area contributed by atoms with Gasteiger partial charge in [0.05, 0.1) is 10.0 Å². The highest BCUT2D eigenvalue weighted by atomic mass is 35.5. The second kappa shape index (κ2) is 7.47. The lowest BCUT2D eigenvalue weighted by Gasteiger charge is -2.07. The van der Waals surface area contributed by atoms with E-state index in [1.54, 1.807) is 0 Å². The first-order valence-corrected chi connectivity index (χ1v) is 7.39. The molecule has 2 amide bonds. The molecular weight excluding hydrogens is 331 g/mol. The molecule has 6 nitrogen and oxygen atoms in total. The lowest BCUT2D eigenvalue weighted by molar-refractivity contribution is -0.147. The lowest BCUT2D eigenvalue weighted by Crippen LogP contribution is -2.34. The maximum Gasteiger partial charge on any atom is 0.325 e. The van der Waals surface area contributed by atoms with Gasteiger partial charge in [-0.25, -0.2) is 0 Å². The smallest absolute Gasteiger partial charge is 0.325 e. The topological polar surface area (TPSA) is 84.5 Å². The van der Waals surface area contributed by atoms with E-state index in [-0.39, 0.29) is 35.7 Å². The van der Waals surface area contributed by atoms with E-state index in [0.29, 0.717) is 5.02 Å². The standard InChI is InChI=1S/C14H14Cl2N2O4/c15-10-4-1-8(5-11(10)16)14(21)17-6-13(20)22-7-12(19)18-9-2-3-9/h1,4-5,9H,2-3,6-7H2,(H,17,21)(H,18,19). The Hall–Kier alpha value is -1.79. The van der Waals surface area contributed by atoms with E-state index in [9.17, 15) is 14.4 Å². The molecule has 0 unspecified atom stereocenters. The van der Waals surface area contributed by atoms with Crippen molar-refractivity contribution in [3.05, 3.63) is 33.8 Å². The van der Waals surface area contributed by atoms with Crippen molar-refractivity contribution in [2.45, 2.75) is 18.9 Å². The number of hydrogen-bond acceptors (Lipinski definition) is 4. The monoisotopic (exact) mass is 344 g/mol. The summed E-state index contributed by atoms with van der Waals surface area (Å²) in [7, 11) is 0. The average Bonchev–Trinajstić information content (AvgIpc) is 3.29. The molecule has 1 fully saturated rings. The summed E-state index contributed by atoms with van der Waals surface area (Å²) in [5, 5.41) is 5.63. The molecule has 0 atom stereocenters. The number of hydrogen-bond donors (Lipinski definition) is 2. The van der Waals surface area contributed by atoms with Crippen LogP contribution in [0, 0.1) is 0 Å². The van der Waals surface area contributed by atoms with Gasteiger partial charge in [0.25, 0.3) is 11.8 Å². The van der Waals surface area contributed by atoms with Gasteiger partial charge in [-0.15, -0.1) is 0 Å². The van der Waals surface area contributed by atoms with Crippen LogP contribution in [0.25, 0.3) is 0 Å². The summed E-state index contributed by atoms with van der Waals surface area (Å²) in [5.74, 6) is -1.52. The van der Waals surface area contributed by atoms with Crippen molar-refractivity contribution in [2.75, 3.05) is 13.2 Å². The zero-order valence-corrected chi connectivity index (χ0v) is 13.0. The molecule has 1 aliphatic carbocycles. The first-order valence-electron chi connectivity index (χ1n) is 6.64. The molecule has 0 radical (unpaired) electrons. The van der Waals surface area contributed by atoms with Crippen LogP contribution in [-0.2, 0) is 14.3 Å². The lowest BCUT2D eigenvalue weighted by atomic mass is 10.2. The quantitative estimate of drug-likeness (QED) is 0.766. The van der Waals surface area contributed by atoms with Gasteiger partial charge in [0.1, 0.15) is 6.54 Å². The van der Waals surface area contributed by atoms with Crippen LogP contribution in [0.15, 0.2) is 18.2 Å². The fraction of sp³-hybridized carbons (Fsp3) is 0.357. The maximum absolute atomic E-state index is 11.8. The van der Waals surface area contributed by atoms with E-state index in [1.165, 1.54) is 18.2 Å². The average molecular weight is 345 g/mol. The van der Waals surface area contributed by atoms with Gasteiger partial charge in [0, 0.05) is 11.6 Å². The van der Waals surface area contributed by atoms with Crippen molar-refractivity contribution in [2.24, 2.45) is 0 Å². The second-order valence-electron chi connectivity index (χ2n) is 4.81. The van der Waals surface area contributed by atoms with E-state index >= 15 is 0 Å². The summed E-state index contributed by atoms with van der Waals surface area (Å²) in [5.41, 5.74) is 0.272. The Kier molecular flexibility index (Phi) is 5.63. The van der Waals surface area contributed by atoms with E-state index in [0.717, 1.165) is 12.8 Å². The van der Waals surface area contributed by atoms with Gasteiger partial charge in [-0.05, 0) is 31.0 Å².